The van der Waals surface area contributed by atoms with Crippen LogP contribution in [-0.2, 0) is 4.79 Å². The van der Waals surface area contributed by atoms with Gasteiger partial charge in [0.25, 0.3) is 0 Å². The third-order valence-corrected chi connectivity index (χ3v) is 2.05. The van der Waals surface area contributed by atoms with Crippen molar-refractivity contribution in [3.8, 4) is 0 Å². The van der Waals surface area contributed by atoms with Gasteiger partial charge in [-0.3, -0.25) is 4.79 Å². The van der Waals surface area contributed by atoms with E-state index in [0.717, 1.165) is 19.3 Å². The van der Waals surface area contributed by atoms with E-state index < -0.39 is 5.97 Å². The van der Waals surface area contributed by atoms with E-state index >= 15 is 0 Å². The molecule has 0 radical (unpaired) electrons. The average Bonchev–Trinajstić information content (AvgIpc) is 2.09. The Kier molecular flexibility index (Phi) is 17.1. The summed E-state index contributed by atoms with van der Waals surface area (Å²) in [7, 11) is 0. The van der Waals surface area contributed by atoms with Crippen molar-refractivity contribution in [1.29, 1.82) is 0 Å². The van der Waals surface area contributed by atoms with E-state index in [0.29, 0.717) is 6.42 Å². The summed E-state index contributed by atoms with van der Waals surface area (Å²) in [6.45, 7) is 3.66. The molecule has 14 heavy (non-hydrogen) atoms. The van der Waals surface area contributed by atoms with Crippen molar-refractivity contribution in [2.75, 3.05) is 0 Å². The van der Waals surface area contributed by atoms with Gasteiger partial charge in [-0.15, -0.1) is 6.58 Å². The van der Waals surface area contributed by atoms with Crippen molar-refractivity contribution in [2.45, 2.75) is 51.4 Å². The van der Waals surface area contributed by atoms with Crippen LogP contribution in [0.1, 0.15) is 52.8 Å². The Hall–Kier alpha value is 0.846. The second kappa shape index (κ2) is 13.8. The summed E-state index contributed by atoms with van der Waals surface area (Å²) in [5.74, 6) is -0.674. The fraction of sp³-hybridized carbons (Fsp3) is 0.727. The molecule has 0 aromatic heterocycles. The molecule has 0 spiro atoms. The number of allylic oxidation sites excluding steroid dienone is 1. The van der Waals surface area contributed by atoms with Gasteiger partial charge in [0, 0.05) is 6.42 Å². The molecule has 0 fully saturated rings. The monoisotopic (exact) mass is 224 g/mol. The van der Waals surface area contributed by atoms with E-state index in [1.807, 2.05) is 6.08 Å². The Morgan fingerprint density at radius 1 is 1.14 bits per heavy atom. The molecule has 3 heteroatoms. The topological polar surface area (TPSA) is 37.3 Å². The summed E-state index contributed by atoms with van der Waals surface area (Å²) < 4.78 is 0. The van der Waals surface area contributed by atoms with E-state index in [1.165, 1.54) is 25.7 Å². The van der Waals surface area contributed by atoms with Gasteiger partial charge in [0.15, 0.2) is 0 Å². The van der Waals surface area contributed by atoms with E-state index in [2.05, 4.69) is 6.58 Å². The maximum Gasteiger partial charge on any atom is 1.00 e. The Labute approximate surface area is 131 Å². The van der Waals surface area contributed by atoms with Crippen LogP contribution in [-0.4, -0.2) is 11.1 Å². The number of unbranched alkanes of at least 4 members (excludes halogenated alkanes) is 6. The molecule has 0 saturated heterocycles. The van der Waals surface area contributed by atoms with E-state index in [1.54, 1.807) is 0 Å². The minimum absolute atomic E-state index is 0. The summed E-state index contributed by atoms with van der Waals surface area (Å²) in [4.78, 5) is 10.2. The Bertz CT molecular complexity index is 152. The molecule has 0 aliphatic heterocycles. The van der Waals surface area contributed by atoms with Gasteiger partial charge in [-0.25, -0.2) is 0 Å². The number of carboxylic acids is 1. The summed E-state index contributed by atoms with van der Waals surface area (Å²) >= 11 is 0. The third-order valence-electron chi connectivity index (χ3n) is 2.05. The van der Waals surface area contributed by atoms with Crippen molar-refractivity contribution in [1.82, 2.24) is 0 Å². The van der Waals surface area contributed by atoms with Crippen molar-refractivity contribution < 1.29 is 62.7 Å². The minimum Gasteiger partial charge on any atom is -1.00 e. The molecule has 0 aliphatic rings. The predicted octanol–water partition coefficient (Wildman–Crippen LogP) is 0.494. The van der Waals surface area contributed by atoms with Gasteiger partial charge < -0.3 is 6.53 Å². The number of hydrogen-bond donors (Lipinski definition) is 1. The largest absolute Gasteiger partial charge is 1.00 e. The molecule has 0 aliphatic carbocycles. The van der Waals surface area contributed by atoms with E-state index in [-0.39, 0.29) is 52.8 Å². The van der Waals surface area contributed by atoms with E-state index in [9.17, 15) is 4.79 Å². The number of aliphatic carboxylic acids is 1. The molecule has 0 aromatic carbocycles. The molecule has 0 unspecified atom stereocenters. The number of carboxylic acid groups (broad SMARTS) is 1. The first-order valence-corrected chi connectivity index (χ1v) is 5.10. The molecule has 0 saturated carbocycles. The summed E-state index contributed by atoms with van der Waals surface area (Å²) in [6.07, 6.45) is 10.1. The second-order valence-corrected chi connectivity index (χ2v) is 3.34. The SMILES string of the molecule is C=CCCCCCCCCC(=O)O.[H-].[K+]. The van der Waals surface area contributed by atoms with E-state index in [4.69, 9.17) is 5.11 Å². The van der Waals surface area contributed by atoms with Crippen molar-refractivity contribution in [3.05, 3.63) is 12.7 Å². The van der Waals surface area contributed by atoms with Crippen LogP contribution in [0.2, 0.25) is 0 Å². The average molecular weight is 224 g/mol. The molecule has 0 rings (SSSR count). The Morgan fingerprint density at radius 2 is 1.64 bits per heavy atom. The first kappa shape index (κ1) is 17.2. The molecular weight excluding hydrogens is 203 g/mol. The summed E-state index contributed by atoms with van der Waals surface area (Å²) in [5, 5.41) is 8.38. The molecule has 0 atom stereocenters. The van der Waals surface area contributed by atoms with Crippen LogP contribution in [0.25, 0.3) is 0 Å². The standard InChI is InChI=1S/C11H20O2.K.H/c1-2-3-4-5-6-7-8-9-10-11(12)13;;/h2H,1,3-10H2,(H,12,13);;/q;+1;-1. The van der Waals surface area contributed by atoms with Gasteiger partial charge in [0.1, 0.15) is 0 Å². The van der Waals surface area contributed by atoms with Gasteiger partial charge in [0.05, 0.1) is 0 Å². The number of hydrogen-bond acceptors (Lipinski definition) is 1. The minimum atomic E-state index is -0.674. The third kappa shape index (κ3) is 15.3. The van der Waals surface area contributed by atoms with Crippen LogP contribution in [0.5, 0.6) is 0 Å². The van der Waals surface area contributed by atoms with Crippen molar-refractivity contribution >= 4 is 5.97 Å². The molecule has 0 heterocycles. The summed E-state index contributed by atoms with van der Waals surface area (Å²) in [5.41, 5.74) is 0. The molecule has 0 aromatic rings. The second-order valence-electron chi connectivity index (χ2n) is 3.34. The Morgan fingerprint density at radius 3 is 2.14 bits per heavy atom. The molecule has 0 bridgehead atoms. The molecule has 2 nitrogen and oxygen atoms in total. The Balaban J connectivity index is -0.000000720. The molecular formula is C11H21KO2. The van der Waals surface area contributed by atoms with Crippen molar-refractivity contribution in [2.24, 2.45) is 0 Å². The van der Waals surface area contributed by atoms with Crippen LogP contribution >= 0.6 is 0 Å². The fourth-order valence-electron chi connectivity index (χ4n) is 1.27. The van der Waals surface area contributed by atoms with Gasteiger partial charge >= 0.3 is 57.4 Å². The van der Waals surface area contributed by atoms with Crippen LogP contribution in [0, 0.1) is 0 Å². The van der Waals surface area contributed by atoms with Gasteiger partial charge in [-0.1, -0.05) is 31.8 Å². The van der Waals surface area contributed by atoms with Gasteiger partial charge in [-0.2, -0.15) is 0 Å². The summed E-state index contributed by atoms with van der Waals surface area (Å²) in [6, 6.07) is 0. The molecule has 78 valence electrons. The van der Waals surface area contributed by atoms with Crippen LogP contribution < -0.4 is 51.4 Å². The molecule has 0 amide bonds. The fourth-order valence-corrected chi connectivity index (χ4v) is 1.27. The zero-order valence-electron chi connectivity index (χ0n) is 10.3. The molecule has 1 N–H and O–H groups in total. The number of rotatable bonds is 9. The number of carbonyl (C=O) groups is 1. The van der Waals surface area contributed by atoms with Crippen molar-refractivity contribution in [3.63, 3.8) is 0 Å². The maximum atomic E-state index is 10.2. The smallest absolute Gasteiger partial charge is 1.00 e. The zero-order chi connectivity index (χ0) is 9.94. The van der Waals surface area contributed by atoms with Crippen LogP contribution in [0.4, 0.5) is 0 Å². The quantitative estimate of drug-likeness (QED) is 0.352. The first-order chi connectivity index (χ1) is 6.27. The zero-order valence-corrected chi connectivity index (χ0v) is 12.4. The maximum absolute atomic E-state index is 10.2. The normalized spacial score (nSPS) is 9.14. The first-order valence-electron chi connectivity index (χ1n) is 5.10. The van der Waals surface area contributed by atoms with Crippen LogP contribution in [0.3, 0.4) is 0 Å². The van der Waals surface area contributed by atoms with Gasteiger partial charge in [-0.05, 0) is 19.3 Å². The van der Waals surface area contributed by atoms with Gasteiger partial charge in [0.2, 0.25) is 0 Å². The van der Waals surface area contributed by atoms with Crippen LogP contribution in [0.15, 0.2) is 12.7 Å². The predicted molar refractivity (Wildman–Crippen MR) is 55.9 cm³/mol.